The van der Waals surface area contributed by atoms with Gasteiger partial charge in [0.05, 0.1) is 10.9 Å². The van der Waals surface area contributed by atoms with Crippen LogP contribution in [0.3, 0.4) is 0 Å². The quantitative estimate of drug-likeness (QED) is 0.818. The first kappa shape index (κ1) is 18.3. The van der Waals surface area contributed by atoms with Crippen LogP contribution >= 0.6 is 11.8 Å². The number of carbonyl (C=O) groups is 2. The highest BCUT2D eigenvalue weighted by Gasteiger charge is 2.29. The van der Waals surface area contributed by atoms with E-state index in [0.717, 1.165) is 43.1 Å². The molecule has 25 heavy (non-hydrogen) atoms. The Bertz CT molecular complexity index is 614. The number of nitrogens with one attached hydrogen (secondary N) is 2. The molecular weight excluding hydrogens is 334 g/mol. The zero-order valence-electron chi connectivity index (χ0n) is 14.8. The first-order valence-corrected chi connectivity index (χ1v) is 10.1. The molecule has 0 aromatic heterocycles. The largest absolute Gasteiger partial charge is 0.356 e. The minimum absolute atomic E-state index is 0.0250. The van der Waals surface area contributed by atoms with E-state index in [4.69, 9.17) is 0 Å². The second-order valence-corrected chi connectivity index (χ2v) is 8.13. The first-order chi connectivity index (χ1) is 12.2. The molecule has 1 aromatic rings. The molecule has 1 fully saturated rings. The summed E-state index contributed by atoms with van der Waals surface area (Å²) in [5, 5.41) is 5.59. The predicted octanol–water partition coefficient (Wildman–Crippen LogP) is 2.73. The van der Waals surface area contributed by atoms with Gasteiger partial charge in [0, 0.05) is 17.9 Å². The third-order valence-corrected chi connectivity index (χ3v) is 6.19. The Morgan fingerprint density at radius 1 is 1.32 bits per heavy atom. The van der Waals surface area contributed by atoms with Crippen molar-refractivity contribution in [2.24, 2.45) is 5.92 Å². The van der Waals surface area contributed by atoms with E-state index in [1.807, 2.05) is 24.3 Å². The molecule has 0 spiro atoms. The van der Waals surface area contributed by atoms with Crippen LogP contribution in [0.4, 0.5) is 5.69 Å². The number of anilines is 1. The number of benzene rings is 1. The highest BCUT2D eigenvalue weighted by atomic mass is 32.2. The second kappa shape index (κ2) is 8.72. The van der Waals surface area contributed by atoms with Crippen molar-refractivity contribution >= 4 is 29.3 Å². The Kier molecular flexibility index (Phi) is 6.37. The fourth-order valence-electron chi connectivity index (χ4n) is 3.46. The van der Waals surface area contributed by atoms with Gasteiger partial charge in [-0.3, -0.25) is 9.59 Å². The highest BCUT2D eigenvalue weighted by molar-refractivity contribution is 8.01. The molecule has 2 N–H and O–H groups in total. The number of thioether (sulfide) groups is 1. The van der Waals surface area contributed by atoms with Crippen molar-refractivity contribution in [2.75, 3.05) is 31.5 Å². The van der Waals surface area contributed by atoms with Gasteiger partial charge in [-0.25, -0.2) is 0 Å². The Labute approximate surface area is 153 Å². The summed E-state index contributed by atoms with van der Waals surface area (Å²) in [7, 11) is 0. The lowest BCUT2D eigenvalue weighted by atomic mass is 9.96. The van der Waals surface area contributed by atoms with Gasteiger partial charge in [0.1, 0.15) is 0 Å². The highest BCUT2D eigenvalue weighted by Crippen LogP contribution is 2.36. The molecule has 1 atom stereocenters. The maximum atomic E-state index is 12.3. The number of rotatable bonds is 6. The summed E-state index contributed by atoms with van der Waals surface area (Å²) in [6.07, 6.45) is 3.73. The Morgan fingerprint density at radius 2 is 2.08 bits per heavy atom. The Morgan fingerprint density at radius 3 is 2.84 bits per heavy atom. The number of hydrogen-bond acceptors (Lipinski definition) is 4. The van der Waals surface area contributed by atoms with Gasteiger partial charge in [0.15, 0.2) is 0 Å². The van der Waals surface area contributed by atoms with Crippen LogP contribution in [-0.4, -0.2) is 48.1 Å². The summed E-state index contributed by atoms with van der Waals surface area (Å²) >= 11 is 1.48. The SMILES string of the molecule is CCCN1CCC(CNC(=O)CC2Sc3ccccc3NC2=O)CC1. The van der Waals surface area contributed by atoms with Gasteiger partial charge in [-0.15, -0.1) is 11.8 Å². The Hall–Kier alpha value is -1.53. The van der Waals surface area contributed by atoms with Crippen LogP contribution in [0.1, 0.15) is 32.6 Å². The standard InChI is InChI=1S/C19H27N3O2S/c1-2-9-22-10-7-14(8-11-22)13-20-18(23)12-17-19(24)21-15-5-3-4-6-16(15)25-17/h3-6,14,17H,2,7-13H2,1H3,(H,20,23)(H,21,24). The number of piperidine rings is 1. The number of nitrogens with zero attached hydrogens (tertiary/aromatic N) is 1. The van der Waals surface area contributed by atoms with Crippen LogP contribution < -0.4 is 10.6 Å². The van der Waals surface area contributed by atoms with Crippen molar-refractivity contribution in [2.45, 2.75) is 42.8 Å². The third kappa shape index (κ3) is 4.98. The van der Waals surface area contributed by atoms with Gasteiger partial charge in [0.2, 0.25) is 11.8 Å². The van der Waals surface area contributed by atoms with Crippen molar-refractivity contribution < 1.29 is 9.59 Å². The number of carbonyl (C=O) groups excluding carboxylic acids is 2. The summed E-state index contributed by atoms with van der Waals surface area (Å²) in [5.41, 5.74) is 0.841. The smallest absolute Gasteiger partial charge is 0.238 e. The van der Waals surface area contributed by atoms with Gasteiger partial charge >= 0.3 is 0 Å². The van der Waals surface area contributed by atoms with E-state index in [9.17, 15) is 9.59 Å². The molecule has 2 amide bonds. The van der Waals surface area contributed by atoms with Crippen LogP contribution in [0, 0.1) is 5.92 Å². The topological polar surface area (TPSA) is 61.4 Å². The number of para-hydroxylation sites is 1. The number of amides is 2. The fraction of sp³-hybridized carbons (Fsp3) is 0.579. The number of fused-ring (bicyclic) bond motifs is 1. The number of likely N-dealkylation sites (tertiary alicyclic amines) is 1. The molecular formula is C19H27N3O2S. The van der Waals surface area contributed by atoms with E-state index in [0.29, 0.717) is 5.92 Å². The van der Waals surface area contributed by atoms with Crippen molar-refractivity contribution in [3.8, 4) is 0 Å². The molecule has 1 aromatic carbocycles. The minimum Gasteiger partial charge on any atom is -0.356 e. The van der Waals surface area contributed by atoms with Gasteiger partial charge in [0.25, 0.3) is 0 Å². The second-order valence-electron chi connectivity index (χ2n) is 6.89. The van der Waals surface area contributed by atoms with Crippen molar-refractivity contribution in [3.05, 3.63) is 24.3 Å². The lowest BCUT2D eigenvalue weighted by molar-refractivity contribution is -0.124. The summed E-state index contributed by atoms with van der Waals surface area (Å²) in [4.78, 5) is 28.0. The molecule has 0 aliphatic carbocycles. The van der Waals surface area contributed by atoms with E-state index in [1.54, 1.807) is 0 Å². The van der Waals surface area contributed by atoms with Gasteiger partial charge in [-0.05, 0) is 56.9 Å². The minimum atomic E-state index is -0.346. The maximum Gasteiger partial charge on any atom is 0.238 e. The first-order valence-electron chi connectivity index (χ1n) is 9.21. The van der Waals surface area contributed by atoms with Crippen molar-refractivity contribution in [3.63, 3.8) is 0 Å². The van der Waals surface area contributed by atoms with Crippen LogP contribution in [0.5, 0.6) is 0 Å². The molecule has 2 aliphatic heterocycles. The van der Waals surface area contributed by atoms with Crippen LogP contribution in [0.25, 0.3) is 0 Å². The zero-order chi connectivity index (χ0) is 17.6. The molecule has 1 saturated heterocycles. The third-order valence-electron chi connectivity index (χ3n) is 4.91. The predicted molar refractivity (Wildman–Crippen MR) is 102 cm³/mol. The maximum absolute atomic E-state index is 12.3. The summed E-state index contributed by atoms with van der Waals surface area (Å²) in [5.74, 6) is 0.459. The van der Waals surface area contributed by atoms with E-state index in [1.165, 1.54) is 24.7 Å². The lowest BCUT2D eigenvalue weighted by Crippen LogP contribution is -2.40. The summed E-state index contributed by atoms with van der Waals surface area (Å²) in [6.45, 7) is 6.38. The molecule has 136 valence electrons. The zero-order valence-corrected chi connectivity index (χ0v) is 15.6. The monoisotopic (exact) mass is 361 g/mol. The molecule has 0 saturated carbocycles. The average molecular weight is 362 g/mol. The van der Waals surface area contributed by atoms with E-state index >= 15 is 0 Å². The van der Waals surface area contributed by atoms with Crippen LogP contribution in [-0.2, 0) is 9.59 Å². The molecule has 3 rings (SSSR count). The fourth-order valence-corrected chi connectivity index (χ4v) is 4.57. The normalized spacial score (nSPS) is 21.5. The molecule has 6 heteroatoms. The Balaban J connectivity index is 1.42. The molecule has 0 bridgehead atoms. The van der Waals surface area contributed by atoms with E-state index in [-0.39, 0.29) is 23.5 Å². The van der Waals surface area contributed by atoms with E-state index in [2.05, 4.69) is 22.5 Å². The van der Waals surface area contributed by atoms with Crippen molar-refractivity contribution in [1.82, 2.24) is 10.2 Å². The van der Waals surface area contributed by atoms with Crippen molar-refractivity contribution in [1.29, 1.82) is 0 Å². The van der Waals surface area contributed by atoms with Crippen LogP contribution in [0.15, 0.2) is 29.2 Å². The molecule has 5 nitrogen and oxygen atoms in total. The average Bonchev–Trinajstić information content (AvgIpc) is 2.62. The van der Waals surface area contributed by atoms with Gasteiger partial charge in [-0.1, -0.05) is 19.1 Å². The van der Waals surface area contributed by atoms with E-state index < -0.39 is 0 Å². The molecule has 2 aliphatic rings. The lowest BCUT2D eigenvalue weighted by Gasteiger charge is -2.31. The molecule has 2 heterocycles. The molecule has 0 radical (unpaired) electrons. The van der Waals surface area contributed by atoms with Gasteiger partial charge in [-0.2, -0.15) is 0 Å². The summed E-state index contributed by atoms with van der Waals surface area (Å²) < 4.78 is 0. The molecule has 1 unspecified atom stereocenters. The van der Waals surface area contributed by atoms with Crippen LogP contribution in [0.2, 0.25) is 0 Å². The number of hydrogen-bond donors (Lipinski definition) is 2. The summed E-state index contributed by atoms with van der Waals surface area (Å²) in [6, 6.07) is 7.72. The van der Waals surface area contributed by atoms with Gasteiger partial charge < -0.3 is 15.5 Å².